The van der Waals surface area contributed by atoms with E-state index in [-0.39, 0.29) is 12.0 Å². The van der Waals surface area contributed by atoms with Gasteiger partial charge in [-0.15, -0.1) is 0 Å². The van der Waals surface area contributed by atoms with Crippen molar-refractivity contribution in [2.75, 3.05) is 19.7 Å². The molecule has 0 saturated carbocycles. The number of amides is 1. The Labute approximate surface area is 148 Å². The number of aromatic nitrogens is 3. The number of carbonyl (C=O) groups excluding carboxylic acids is 1. The van der Waals surface area contributed by atoms with Crippen molar-refractivity contribution in [2.45, 2.75) is 39.2 Å². The first-order chi connectivity index (χ1) is 12.1. The van der Waals surface area contributed by atoms with Crippen LogP contribution in [0.5, 0.6) is 0 Å². The molecule has 2 aromatic rings. The molecule has 25 heavy (non-hydrogen) atoms. The molecule has 0 bridgehead atoms. The van der Waals surface area contributed by atoms with E-state index in [0.717, 1.165) is 30.8 Å². The fraction of sp³-hybridized carbons (Fsp3) is 0.526. The number of ether oxygens (including phenoxy) is 1. The average molecular weight is 342 g/mol. The van der Waals surface area contributed by atoms with Gasteiger partial charge in [-0.2, -0.15) is 5.10 Å². The summed E-state index contributed by atoms with van der Waals surface area (Å²) in [6, 6.07) is 7.55. The molecule has 6 nitrogen and oxygen atoms in total. The van der Waals surface area contributed by atoms with Crippen molar-refractivity contribution in [2.24, 2.45) is 7.05 Å². The second-order valence-electron chi connectivity index (χ2n) is 6.52. The topological polar surface area (TPSA) is 60.2 Å². The van der Waals surface area contributed by atoms with E-state index in [2.05, 4.69) is 10.1 Å². The highest BCUT2D eigenvalue weighted by molar-refractivity contribution is 5.95. The number of benzene rings is 1. The van der Waals surface area contributed by atoms with Crippen molar-refractivity contribution >= 4 is 5.91 Å². The largest absolute Gasteiger partial charge is 0.376 e. The van der Waals surface area contributed by atoms with Gasteiger partial charge in [0.2, 0.25) is 0 Å². The molecule has 134 valence electrons. The molecule has 1 fully saturated rings. The van der Waals surface area contributed by atoms with Crippen LogP contribution in [0.2, 0.25) is 0 Å². The lowest BCUT2D eigenvalue weighted by Crippen LogP contribution is -2.39. The number of nitrogens with zero attached hydrogens (tertiary/aromatic N) is 4. The maximum absolute atomic E-state index is 12.9. The van der Waals surface area contributed by atoms with Crippen molar-refractivity contribution in [1.82, 2.24) is 19.7 Å². The third-order valence-corrected chi connectivity index (χ3v) is 4.72. The van der Waals surface area contributed by atoms with Gasteiger partial charge in [-0.1, -0.05) is 12.1 Å². The van der Waals surface area contributed by atoms with E-state index in [4.69, 9.17) is 4.74 Å². The summed E-state index contributed by atoms with van der Waals surface area (Å²) in [5, 5.41) is 4.40. The highest BCUT2D eigenvalue weighted by Gasteiger charge is 2.22. The van der Waals surface area contributed by atoms with E-state index in [1.54, 1.807) is 4.68 Å². The third kappa shape index (κ3) is 4.07. The normalized spacial score (nSPS) is 17.5. The molecule has 1 saturated heterocycles. The molecule has 0 aliphatic carbocycles. The van der Waals surface area contributed by atoms with Gasteiger partial charge < -0.3 is 9.64 Å². The Morgan fingerprint density at radius 3 is 2.88 bits per heavy atom. The first kappa shape index (κ1) is 17.6. The van der Waals surface area contributed by atoms with Crippen molar-refractivity contribution in [1.29, 1.82) is 0 Å². The Bertz CT molecular complexity index is 715. The zero-order chi connectivity index (χ0) is 17.8. The molecule has 1 aromatic carbocycles. The third-order valence-electron chi connectivity index (χ3n) is 4.72. The predicted molar refractivity (Wildman–Crippen MR) is 96.3 cm³/mol. The molecular formula is C19H26N4O2. The standard InChI is InChI=1S/C19H26N4O2/c1-4-23(13-17-10-5-6-11-25-17)19(24)16-9-7-8-15(12-16)18-20-14(2)22(3)21-18/h7-9,12,17H,4-6,10-11,13H2,1-3H3. The lowest BCUT2D eigenvalue weighted by atomic mass is 10.1. The van der Waals surface area contributed by atoms with Gasteiger partial charge in [0, 0.05) is 37.9 Å². The van der Waals surface area contributed by atoms with Gasteiger partial charge in [0.25, 0.3) is 5.91 Å². The smallest absolute Gasteiger partial charge is 0.253 e. The SMILES string of the molecule is CCN(CC1CCCCO1)C(=O)c1cccc(-c2nc(C)n(C)n2)c1. The van der Waals surface area contributed by atoms with Crippen LogP contribution in [-0.4, -0.2) is 51.4 Å². The minimum absolute atomic E-state index is 0.0335. The molecule has 0 radical (unpaired) electrons. The molecule has 1 amide bonds. The summed E-state index contributed by atoms with van der Waals surface area (Å²) >= 11 is 0. The van der Waals surface area contributed by atoms with Crippen molar-refractivity contribution in [3.63, 3.8) is 0 Å². The molecule has 1 aliphatic heterocycles. The monoisotopic (exact) mass is 342 g/mol. The van der Waals surface area contributed by atoms with Crippen LogP contribution in [0.15, 0.2) is 24.3 Å². The zero-order valence-electron chi connectivity index (χ0n) is 15.2. The molecule has 6 heteroatoms. The van der Waals surface area contributed by atoms with Gasteiger partial charge in [0.15, 0.2) is 5.82 Å². The summed E-state index contributed by atoms with van der Waals surface area (Å²) in [6.45, 7) is 6.05. The Morgan fingerprint density at radius 1 is 1.40 bits per heavy atom. The molecule has 1 aliphatic rings. The number of hydrogen-bond donors (Lipinski definition) is 0. The van der Waals surface area contributed by atoms with Crippen LogP contribution in [-0.2, 0) is 11.8 Å². The lowest BCUT2D eigenvalue weighted by Gasteiger charge is -2.29. The Kier molecular flexibility index (Phi) is 5.48. The van der Waals surface area contributed by atoms with Gasteiger partial charge >= 0.3 is 0 Å². The van der Waals surface area contributed by atoms with E-state index in [9.17, 15) is 4.79 Å². The molecule has 1 atom stereocenters. The highest BCUT2D eigenvalue weighted by Crippen LogP contribution is 2.19. The summed E-state index contributed by atoms with van der Waals surface area (Å²) in [4.78, 5) is 19.2. The van der Waals surface area contributed by atoms with Crippen LogP contribution in [0.1, 0.15) is 42.4 Å². The van der Waals surface area contributed by atoms with Crippen LogP contribution in [0.3, 0.4) is 0 Å². The second-order valence-corrected chi connectivity index (χ2v) is 6.52. The van der Waals surface area contributed by atoms with Crippen molar-refractivity contribution in [3.05, 3.63) is 35.7 Å². The van der Waals surface area contributed by atoms with Gasteiger partial charge in [-0.25, -0.2) is 4.98 Å². The Morgan fingerprint density at radius 2 is 2.24 bits per heavy atom. The quantitative estimate of drug-likeness (QED) is 0.838. The lowest BCUT2D eigenvalue weighted by molar-refractivity contribution is -0.00311. The van der Waals surface area contributed by atoms with Crippen LogP contribution >= 0.6 is 0 Å². The molecular weight excluding hydrogens is 316 g/mol. The van der Waals surface area contributed by atoms with E-state index < -0.39 is 0 Å². The predicted octanol–water partition coefficient (Wildman–Crippen LogP) is 2.82. The summed E-state index contributed by atoms with van der Waals surface area (Å²) < 4.78 is 7.53. The molecule has 2 heterocycles. The Balaban J connectivity index is 1.77. The maximum Gasteiger partial charge on any atom is 0.253 e. The van der Waals surface area contributed by atoms with E-state index in [1.165, 1.54) is 6.42 Å². The summed E-state index contributed by atoms with van der Waals surface area (Å²) in [5.74, 6) is 1.52. The zero-order valence-corrected chi connectivity index (χ0v) is 15.2. The van der Waals surface area contributed by atoms with Crippen LogP contribution in [0.25, 0.3) is 11.4 Å². The maximum atomic E-state index is 12.9. The number of aryl methyl sites for hydroxylation is 2. The van der Waals surface area contributed by atoms with Gasteiger partial charge in [0.1, 0.15) is 5.82 Å². The van der Waals surface area contributed by atoms with Gasteiger partial charge in [-0.05, 0) is 45.2 Å². The number of hydrogen-bond acceptors (Lipinski definition) is 4. The molecule has 1 unspecified atom stereocenters. The Hall–Kier alpha value is -2.21. The first-order valence-electron chi connectivity index (χ1n) is 8.97. The van der Waals surface area contributed by atoms with Gasteiger partial charge in [0.05, 0.1) is 6.10 Å². The molecule has 1 aromatic heterocycles. The minimum Gasteiger partial charge on any atom is -0.376 e. The minimum atomic E-state index is 0.0335. The first-order valence-corrected chi connectivity index (χ1v) is 8.97. The summed E-state index contributed by atoms with van der Waals surface area (Å²) in [7, 11) is 1.86. The van der Waals surface area contributed by atoms with E-state index in [0.29, 0.717) is 24.5 Å². The summed E-state index contributed by atoms with van der Waals surface area (Å²) in [5.41, 5.74) is 1.53. The van der Waals surface area contributed by atoms with E-state index >= 15 is 0 Å². The molecule has 3 rings (SSSR count). The van der Waals surface area contributed by atoms with E-state index in [1.807, 2.05) is 50.1 Å². The molecule has 0 N–H and O–H groups in total. The number of rotatable bonds is 5. The van der Waals surface area contributed by atoms with Crippen LogP contribution in [0.4, 0.5) is 0 Å². The fourth-order valence-electron chi connectivity index (χ4n) is 3.11. The van der Waals surface area contributed by atoms with Crippen molar-refractivity contribution in [3.8, 4) is 11.4 Å². The summed E-state index contributed by atoms with van der Waals surface area (Å²) in [6.07, 6.45) is 3.48. The fourth-order valence-corrected chi connectivity index (χ4v) is 3.11. The van der Waals surface area contributed by atoms with Gasteiger partial charge in [-0.3, -0.25) is 9.48 Å². The van der Waals surface area contributed by atoms with Crippen LogP contribution < -0.4 is 0 Å². The van der Waals surface area contributed by atoms with Crippen LogP contribution in [0, 0.1) is 6.92 Å². The highest BCUT2D eigenvalue weighted by atomic mass is 16.5. The second kappa shape index (κ2) is 7.78. The van der Waals surface area contributed by atoms with Crippen molar-refractivity contribution < 1.29 is 9.53 Å². The average Bonchev–Trinajstić information content (AvgIpc) is 2.99. The molecule has 0 spiro atoms. The number of carbonyl (C=O) groups is 1. The number of likely N-dealkylation sites (N-methyl/N-ethyl adjacent to an activating group) is 1.